The van der Waals surface area contributed by atoms with E-state index in [1.165, 1.54) is 32.1 Å². The minimum Gasteiger partial charge on any atom is -0.388 e. The fraction of sp³-hybridized carbons (Fsp3) is 1.00. The lowest BCUT2D eigenvalue weighted by Gasteiger charge is -2.49. The number of hydrogen-bond donors (Lipinski definition) is 2. The third-order valence-corrected chi connectivity index (χ3v) is 5.57. The van der Waals surface area contributed by atoms with E-state index in [9.17, 15) is 5.11 Å². The summed E-state index contributed by atoms with van der Waals surface area (Å²) in [6.45, 7) is 7.92. The third kappa shape index (κ3) is 2.53. The lowest BCUT2D eigenvalue weighted by Crippen LogP contribution is -2.60. The summed E-state index contributed by atoms with van der Waals surface area (Å²) in [5.74, 6) is 1.91. The summed E-state index contributed by atoms with van der Waals surface area (Å²) in [7, 11) is 0. The van der Waals surface area contributed by atoms with Gasteiger partial charge in [0.25, 0.3) is 0 Å². The van der Waals surface area contributed by atoms with Crippen molar-refractivity contribution in [3.8, 4) is 0 Å². The minimum atomic E-state index is -0.453. The SMILES string of the molecule is CCC1CCNC(C2(O)CCCC(C)C2C)C1. The summed E-state index contributed by atoms with van der Waals surface area (Å²) in [6.07, 6.45) is 7.19. The van der Waals surface area contributed by atoms with Crippen molar-refractivity contribution in [2.45, 2.75) is 70.9 Å². The Bertz CT molecular complexity index is 255. The standard InChI is InChI=1S/C15H29NO/c1-4-13-7-9-16-14(10-13)15(17)8-5-6-11(2)12(15)3/h11-14,16-17H,4-10H2,1-3H3. The Morgan fingerprint density at radius 3 is 2.76 bits per heavy atom. The molecule has 0 aromatic rings. The van der Waals surface area contributed by atoms with Gasteiger partial charge < -0.3 is 10.4 Å². The number of aliphatic hydroxyl groups is 1. The monoisotopic (exact) mass is 239 g/mol. The Hall–Kier alpha value is -0.0800. The summed E-state index contributed by atoms with van der Waals surface area (Å²) in [5.41, 5.74) is -0.453. The van der Waals surface area contributed by atoms with Gasteiger partial charge in [0.1, 0.15) is 0 Å². The van der Waals surface area contributed by atoms with E-state index in [2.05, 4.69) is 26.1 Å². The highest BCUT2D eigenvalue weighted by Crippen LogP contribution is 2.42. The van der Waals surface area contributed by atoms with Crippen LogP contribution in [0.4, 0.5) is 0 Å². The zero-order valence-electron chi connectivity index (χ0n) is 11.7. The van der Waals surface area contributed by atoms with Gasteiger partial charge in [-0.25, -0.2) is 0 Å². The van der Waals surface area contributed by atoms with Crippen LogP contribution in [0.5, 0.6) is 0 Å². The predicted octanol–water partition coefficient (Wildman–Crippen LogP) is 2.95. The topological polar surface area (TPSA) is 32.3 Å². The van der Waals surface area contributed by atoms with E-state index in [1.807, 2.05) is 0 Å². The molecule has 0 aromatic carbocycles. The van der Waals surface area contributed by atoms with Crippen LogP contribution in [-0.4, -0.2) is 23.3 Å². The smallest absolute Gasteiger partial charge is 0.0827 e. The van der Waals surface area contributed by atoms with E-state index in [0.717, 1.165) is 18.9 Å². The fourth-order valence-electron chi connectivity index (χ4n) is 3.92. The minimum absolute atomic E-state index is 0.332. The number of piperidine rings is 1. The van der Waals surface area contributed by atoms with Crippen LogP contribution < -0.4 is 5.32 Å². The molecule has 0 radical (unpaired) electrons. The average Bonchev–Trinajstić information content (AvgIpc) is 2.36. The molecule has 2 fully saturated rings. The van der Waals surface area contributed by atoms with Gasteiger partial charge >= 0.3 is 0 Å². The molecule has 1 heterocycles. The number of nitrogens with one attached hydrogen (secondary N) is 1. The van der Waals surface area contributed by atoms with Crippen molar-refractivity contribution in [3.63, 3.8) is 0 Å². The van der Waals surface area contributed by atoms with Crippen molar-refractivity contribution in [3.05, 3.63) is 0 Å². The van der Waals surface area contributed by atoms with Crippen molar-refractivity contribution in [2.24, 2.45) is 17.8 Å². The van der Waals surface area contributed by atoms with Gasteiger partial charge in [0, 0.05) is 6.04 Å². The zero-order chi connectivity index (χ0) is 12.5. The second-order valence-corrected chi connectivity index (χ2v) is 6.45. The molecule has 0 aromatic heterocycles. The molecule has 2 rings (SSSR count). The zero-order valence-corrected chi connectivity index (χ0v) is 11.7. The summed E-state index contributed by atoms with van der Waals surface area (Å²) < 4.78 is 0. The summed E-state index contributed by atoms with van der Waals surface area (Å²) in [4.78, 5) is 0. The van der Waals surface area contributed by atoms with E-state index in [1.54, 1.807) is 0 Å². The summed E-state index contributed by atoms with van der Waals surface area (Å²) in [6, 6.07) is 0.332. The normalized spacial score (nSPS) is 48.0. The molecule has 5 unspecified atom stereocenters. The van der Waals surface area contributed by atoms with Crippen LogP contribution in [0.2, 0.25) is 0 Å². The highest BCUT2D eigenvalue weighted by Gasteiger charge is 2.46. The molecule has 2 N–H and O–H groups in total. The second-order valence-electron chi connectivity index (χ2n) is 6.45. The fourth-order valence-corrected chi connectivity index (χ4v) is 3.92. The molecule has 2 nitrogen and oxygen atoms in total. The first-order chi connectivity index (χ1) is 8.08. The first-order valence-electron chi connectivity index (χ1n) is 7.53. The molecule has 2 aliphatic rings. The highest BCUT2D eigenvalue weighted by atomic mass is 16.3. The van der Waals surface area contributed by atoms with Crippen LogP contribution >= 0.6 is 0 Å². The maximum atomic E-state index is 11.1. The lowest BCUT2D eigenvalue weighted by molar-refractivity contribution is -0.0992. The van der Waals surface area contributed by atoms with E-state index in [0.29, 0.717) is 17.9 Å². The van der Waals surface area contributed by atoms with Gasteiger partial charge in [0.2, 0.25) is 0 Å². The Morgan fingerprint density at radius 2 is 2.06 bits per heavy atom. The molecule has 1 aliphatic heterocycles. The molecule has 0 bridgehead atoms. The van der Waals surface area contributed by atoms with Crippen molar-refractivity contribution < 1.29 is 5.11 Å². The molecule has 100 valence electrons. The van der Waals surface area contributed by atoms with Crippen molar-refractivity contribution in [1.29, 1.82) is 0 Å². The quantitative estimate of drug-likeness (QED) is 0.776. The Labute approximate surface area is 106 Å². The molecular formula is C15H29NO. The van der Waals surface area contributed by atoms with Gasteiger partial charge in [-0.15, -0.1) is 0 Å². The molecule has 1 aliphatic carbocycles. The first kappa shape index (κ1) is 13.4. The van der Waals surface area contributed by atoms with Crippen LogP contribution in [0, 0.1) is 17.8 Å². The van der Waals surface area contributed by atoms with E-state index >= 15 is 0 Å². The Balaban J connectivity index is 2.08. The van der Waals surface area contributed by atoms with E-state index in [-0.39, 0.29) is 0 Å². The van der Waals surface area contributed by atoms with Gasteiger partial charge in [-0.05, 0) is 43.6 Å². The lowest BCUT2D eigenvalue weighted by atomic mass is 9.65. The number of hydrogen-bond acceptors (Lipinski definition) is 2. The molecule has 2 heteroatoms. The van der Waals surface area contributed by atoms with E-state index < -0.39 is 5.60 Å². The average molecular weight is 239 g/mol. The molecule has 0 amide bonds. The molecule has 0 spiro atoms. The van der Waals surface area contributed by atoms with Crippen LogP contribution in [0.3, 0.4) is 0 Å². The van der Waals surface area contributed by atoms with Crippen LogP contribution in [-0.2, 0) is 0 Å². The van der Waals surface area contributed by atoms with Crippen LogP contribution in [0.15, 0.2) is 0 Å². The summed E-state index contributed by atoms with van der Waals surface area (Å²) in [5, 5.41) is 14.7. The molecule has 17 heavy (non-hydrogen) atoms. The third-order valence-electron chi connectivity index (χ3n) is 5.57. The van der Waals surface area contributed by atoms with Crippen molar-refractivity contribution >= 4 is 0 Å². The van der Waals surface area contributed by atoms with Crippen molar-refractivity contribution in [2.75, 3.05) is 6.54 Å². The highest BCUT2D eigenvalue weighted by molar-refractivity contribution is 5.01. The van der Waals surface area contributed by atoms with Crippen LogP contribution in [0.25, 0.3) is 0 Å². The molecule has 1 saturated heterocycles. The molecule has 1 saturated carbocycles. The molecular weight excluding hydrogens is 210 g/mol. The van der Waals surface area contributed by atoms with Gasteiger partial charge in [0.05, 0.1) is 5.60 Å². The summed E-state index contributed by atoms with van der Waals surface area (Å²) >= 11 is 0. The second kappa shape index (κ2) is 5.27. The predicted molar refractivity (Wildman–Crippen MR) is 71.9 cm³/mol. The maximum Gasteiger partial charge on any atom is 0.0827 e. The maximum absolute atomic E-state index is 11.1. The van der Waals surface area contributed by atoms with Gasteiger partial charge in [-0.2, -0.15) is 0 Å². The largest absolute Gasteiger partial charge is 0.388 e. The van der Waals surface area contributed by atoms with Crippen LogP contribution in [0.1, 0.15) is 59.3 Å². The Kier molecular flexibility index (Phi) is 4.14. The van der Waals surface area contributed by atoms with Crippen molar-refractivity contribution in [1.82, 2.24) is 5.32 Å². The van der Waals surface area contributed by atoms with Gasteiger partial charge in [-0.3, -0.25) is 0 Å². The Morgan fingerprint density at radius 1 is 1.29 bits per heavy atom. The molecule has 5 atom stereocenters. The first-order valence-corrected chi connectivity index (χ1v) is 7.53. The number of rotatable bonds is 2. The van der Waals surface area contributed by atoms with Gasteiger partial charge in [0.15, 0.2) is 0 Å². The van der Waals surface area contributed by atoms with E-state index in [4.69, 9.17) is 0 Å². The van der Waals surface area contributed by atoms with Gasteiger partial charge in [-0.1, -0.05) is 40.0 Å².